The molecule has 0 aliphatic carbocycles. The van der Waals surface area contributed by atoms with E-state index in [1.165, 1.54) is 0 Å². The summed E-state index contributed by atoms with van der Waals surface area (Å²) in [7, 11) is -4.18. The minimum atomic E-state index is -4.18. The largest absolute Gasteiger partial charge is 0.480 e. The van der Waals surface area contributed by atoms with E-state index in [2.05, 4.69) is 6.58 Å². The van der Waals surface area contributed by atoms with Crippen molar-refractivity contribution < 1.29 is 19.1 Å². The molecule has 2 N–H and O–H groups in total. The van der Waals surface area contributed by atoms with Gasteiger partial charge in [-0.3, -0.25) is 4.57 Å². The van der Waals surface area contributed by atoms with Gasteiger partial charge in [0.25, 0.3) is 0 Å². The monoisotopic (exact) mass is 270 g/mol. The minimum absolute atomic E-state index is 0.205. The van der Waals surface area contributed by atoms with Crippen LogP contribution in [0.1, 0.15) is 37.8 Å². The third kappa shape index (κ3) is 3.98. The normalized spacial score (nSPS) is 11.7. The molecular weight excluding hydrogens is 251 g/mol. The summed E-state index contributed by atoms with van der Waals surface area (Å²) in [6, 6.07) is 5.62. The summed E-state index contributed by atoms with van der Waals surface area (Å²) in [5, 5.41) is 0. The minimum Gasteiger partial charge on any atom is -0.480 e. The van der Waals surface area contributed by atoms with Crippen molar-refractivity contribution in [3.05, 3.63) is 35.9 Å². The van der Waals surface area contributed by atoms with E-state index in [4.69, 9.17) is 14.5 Å². The van der Waals surface area contributed by atoms with Gasteiger partial charge in [-0.05, 0) is 24.0 Å². The van der Waals surface area contributed by atoms with Crippen LogP contribution in [-0.2, 0) is 4.57 Å². The Labute approximate surface area is 107 Å². The first-order valence-corrected chi connectivity index (χ1v) is 7.48. The van der Waals surface area contributed by atoms with E-state index >= 15 is 0 Å². The Balaban J connectivity index is 3.19. The highest BCUT2D eigenvalue weighted by molar-refractivity contribution is 7.51. The molecule has 1 rings (SSSR count). The molecular formula is C13H19O4P. The lowest BCUT2D eigenvalue weighted by molar-refractivity contribution is 0.298. The van der Waals surface area contributed by atoms with Gasteiger partial charge in [-0.1, -0.05) is 38.6 Å². The third-order valence-electron chi connectivity index (χ3n) is 2.50. The molecule has 0 aliphatic rings. The molecule has 0 heterocycles. The van der Waals surface area contributed by atoms with Crippen LogP contribution in [0.3, 0.4) is 0 Å². The second kappa shape index (κ2) is 5.70. The summed E-state index contributed by atoms with van der Waals surface area (Å²) in [5.74, 6) is 0.722. The standard InChI is InChI=1S/C13H19O4P/c1-9(2)11-6-5-7-12(10(3)4)13(11)17-8-18(14,15)16/h5-7,10H,1,8H2,2-4H3,(H2,14,15,16). The van der Waals surface area contributed by atoms with Crippen molar-refractivity contribution in [2.75, 3.05) is 6.35 Å². The Morgan fingerprint density at radius 1 is 1.44 bits per heavy atom. The van der Waals surface area contributed by atoms with Crippen molar-refractivity contribution in [2.45, 2.75) is 26.7 Å². The number of benzene rings is 1. The van der Waals surface area contributed by atoms with Gasteiger partial charge in [0.15, 0.2) is 6.35 Å². The number of allylic oxidation sites excluding steroid dienone is 1. The summed E-state index contributed by atoms with van der Waals surface area (Å²) in [5.41, 5.74) is 2.51. The van der Waals surface area contributed by atoms with Crippen molar-refractivity contribution in [1.29, 1.82) is 0 Å². The van der Waals surface area contributed by atoms with E-state index in [0.29, 0.717) is 5.75 Å². The van der Waals surface area contributed by atoms with Crippen LogP contribution in [-0.4, -0.2) is 16.1 Å². The smallest absolute Gasteiger partial charge is 0.362 e. The highest BCUT2D eigenvalue weighted by Crippen LogP contribution is 2.39. The van der Waals surface area contributed by atoms with Crippen molar-refractivity contribution in [3.63, 3.8) is 0 Å². The topological polar surface area (TPSA) is 66.8 Å². The highest BCUT2D eigenvalue weighted by Gasteiger charge is 2.18. The Morgan fingerprint density at radius 2 is 2.06 bits per heavy atom. The molecule has 0 amide bonds. The molecule has 0 fully saturated rings. The molecule has 1 aromatic rings. The highest BCUT2D eigenvalue weighted by atomic mass is 31.2. The lowest BCUT2D eigenvalue weighted by atomic mass is 9.96. The molecule has 5 heteroatoms. The zero-order valence-electron chi connectivity index (χ0n) is 10.9. The first-order valence-electron chi connectivity index (χ1n) is 5.68. The van der Waals surface area contributed by atoms with Crippen molar-refractivity contribution >= 4 is 13.2 Å². The average molecular weight is 270 g/mol. The van der Waals surface area contributed by atoms with E-state index in [1.807, 2.05) is 39.0 Å². The van der Waals surface area contributed by atoms with E-state index < -0.39 is 13.9 Å². The molecule has 0 aliphatic heterocycles. The van der Waals surface area contributed by atoms with Crippen LogP contribution in [0.4, 0.5) is 0 Å². The van der Waals surface area contributed by atoms with Crippen molar-refractivity contribution in [1.82, 2.24) is 0 Å². The first kappa shape index (κ1) is 15.0. The fourth-order valence-electron chi connectivity index (χ4n) is 1.66. The molecule has 100 valence electrons. The average Bonchev–Trinajstić information content (AvgIpc) is 2.24. The number of para-hydroxylation sites is 1. The fraction of sp³-hybridized carbons (Fsp3) is 0.385. The van der Waals surface area contributed by atoms with E-state index in [-0.39, 0.29) is 5.92 Å². The van der Waals surface area contributed by atoms with E-state index in [1.54, 1.807) is 0 Å². The van der Waals surface area contributed by atoms with E-state index in [9.17, 15) is 4.57 Å². The molecule has 0 saturated carbocycles. The third-order valence-corrected chi connectivity index (χ3v) is 2.97. The Kier molecular flexibility index (Phi) is 4.74. The molecule has 0 radical (unpaired) electrons. The molecule has 0 aromatic heterocycles. The quantitative estimate of drug-likeness (QED) is 0.805. The van der Waals surface area contributed by atoms with Crippen molar-refractivity contribution in [3.8, 4) is 5.75 Å². The maximum absolute atomic E-state index is 10.9. The predicted octanol–water partition coefficient (Wildman–Crippen LogP) is 3.36. The van der Waals surface area contributed by atoms with Gasteiger partial charge < -0.3 is 14.5 Å². The summed E-state index contributed by atoms with van der Waals surface area (Å²) in [4.78, 5) is 17.8. The molecule has 1 aromatic carbocycles. The molecule has 0 saturated heterocycles. The van der Waals surface area contributed by atoms with Gasteiger partial charge in [0.2, 0.25) is 0 Å². The van der Waals surface area contributed by atoms with Gasteiger partial charge in [-0.15, -0.1) is 0 Å². The van der Waals surface area contributed by atoms with Gasteiger partial charge >= 0.3 is 7.60 Å². The lowest BCUT2D eigenvalue weighted by Gasteiger charge is -2.18. The maximum atomic E-state index is 10.9. The lowest BCUT2D eigenvalue weighted by Crippen LogP contribution is -2.04. The molecule has 0 bridgehead atoms. The van der Waals surface area contributed by atoms with Crippen molar-refractivity contribution in [2.24, 2.45) is 0 Å². The van der Waals surface area contributed by atoms with Crippen LogP contribution >= 0.6 is 7.60 Å². The molecule has 18 heavy (non-hydrogen) atoms. The SMILES string of the molecule is C=C(C)c1cccc(C(C)C)c1OCP(=O)(O)O. The zero-order chi connectivity index (χ0) is 13.9. The van der Waals surface area contributed by atoms with Gasteiger partial charge in [0, 0.05) is 5.56 Å². The summed E-state index contributed by atoms with van der Waals surface area (Å²) < 4.78 is 16.2. The number of ether oxygens (including phenoxy) is 1. The number of hydrogen-bond acceptors (Lipinski definition) is 2. The van der Waals surface area contributed by atoms with E-state index in [0.717, 1.165) is 16.7 Å². The van der Waals surface area contributed by atoms with Crippen LogP contribution < -0.4 is 4.74 Å². The Morgan fingerprint density at radius 3 is 2.50 bits per heavy atom. The van der Waals surface area contributed by atoms with Crippen LogP contribution in [0.15, 0.2) is 24.8 Å². The predicted molar refractivity (Wildman–Crippen MR) is 72.8 cm³/mol. The van der Waals surface area contributed by atoms with Crippen LogP contribution in [0.5, 0.6) is 5.75 Å². The molecule has 0 unspecified atom stereocenters. The second-order valence-corrected chi connectivity index (χ2v) is 6.18. The van der Waals surface area contributed by atoms with Crippen LogP contribution in [0, 0.1) is 0 Å². The first-order chi connectivity index (χ1) is 8.22. The Hall–Kier alpha value is -1.09. The number of rotatable bonds is 5. The van der Waals surface area contributed by atoms with Gasteiger partial charge in [0.1, 0.15) is 5.75 Å². The summed E-state index contributed by atoms with van der Waals surface area (Å²) in [6.07, 6.45) is -0.614. The molecule has 4 nitrogen and oxygen atoms in total. The maximum Gasteiger partial charge on any atom is 0.362 e. The second-order valence-electron chi connectivity index (χ2n) is 4.60. The van der Waals surface area contributed by atoms with Gasteiger partial charge in [0.05, 0.1) is 0 Å². The fourth-order valence-corrected chi connectivity index (χ4v) is 1.95. The Bertz CT molecular complexity index is 488. The van der Waals surface area contributed by atoms with Crippen LogP contribution in [0.2, 0.25) is 0 Å². The zero-order valence-corrected chi connectivity index (χ0v) is 11.8. The van der Waals surface area contributed by atoms with Gasteiger partial charge in [-0.2, -0.15) is 0 Å². The summed E-state index contributed by atoms with van der Waals surface area (Å²) in [6.45, 7) is 9.70. The van der Waals surface area contributed by atoms with Crippen LogP contribution in [0.25, 0.3) is 5.57 Å². The molecule has 0 atom stereocenters. The van der Waals surface area contributed by atoms with Gasteiger partial charge in [-0.25, -0.2) is 0 Å². The summed E-state index contributed by atoms with van der Waals surface area (Å²) >= 11 is 0. The molecule has 0 spiro atoms. The number of hydrogen-bond donors (Lipinski definition) is 2.